The maximum Gasteiger partial charge on any atom is 0.0406 e. The van der Waals surface area contributed by atoms with Gasteiger partial charge in [-0.25, -0.2) is 0 Å². The summed E-state index contributed by atoms with van der Waals surface area (Å²) in [5.74, 6) is 0.828. The molecule has 0 saturated carbocycles. The van der Waals surface area contributed by atoms with Crippen LogP contribution in [0.3, 0.4) is 0 Å². The van der Waals surface area contributed by atoms with Crippen LogP contribution >= 0.6 is 24.0 Å². The third-order valence-electron chi connectivity index (χ3n) is 3.73. The summed E-state index contributed by atoms with van der Waals surface area (Å²) in [5.41, 5.74) is 1.38. The van der Waals surface area contributed by atoms with E-state index in [1.807, 2.05) is 19.2 Å². The predicted octanol–water partition coefficient (Wildman–Crippen LogP) is 3.24. The summed E-state index contributed by atoms with van der Waals surface area (Å²) < 4.78 is 0. The molecule has 0 aliphatic carbocycles. The Kier molecular flexibility index (Phi) is 7.77. The van der Waals surface area contributed by atoms with Crippen molar-refractivity contribution in [1.29, 1.82) is 0 Å². The quantitative estimate of drug-likeness (QED) is 0.898. The summed E-state index contributed by atoms with van der Waals surface area (Å²) in [4.78, 5) is 2.60. The Hall–Kier alpha value is -0.280. The van der Waals surface area contributed by atoms with Gasteiger partial charge in [0.15, 0.2) is 0 Å². The summed E-state index contributed by atoms with van der Waals surface area (Å²) in [6, 6.07) is 8.24. The lowest BCUT2D eigenvalue weighted by Gasteiger charge is -2.32. The predicted molar refractivity (Wildman–Crippen MR) is 85.5 cm³/mol. The average molecular weight is 303 g/mol. The van der Waals surface area contributed by atoms with Crippen LogP contribution in [0.15, 0.2) is 24.3 Å². The van der Waals surface area contributed by atoms with Crippen LogP contribution in [0.1, 0.15) is 18.4 Å². The Morgan fingerprint density at radius 1 is 1.32 bits per heavy atom. The number of rotatable bonds is 5. The molecule has 1 aromatic rings. The molecule has 0 aromatic heterocycles. The van der Waals surface area contributed by atoms with Gasteiger partial charge in [-0.15, -0.1) is 12.4 Å². The van der Waals surface area contributed by atoms with E-state index in [9.17, 15) is 0 Å². The molecule has 1 heterocycles. The molecule has 1 unspecified atom stereocenters. The SMILES string of the molecule is CNCC1CCCN(CCc2ccc(Cl)cc2)C1.Cl. The molecule has 1 aliphatic heterocycles. The van der Waals surface area contributed by atoms with E-state index in [0.29, 0.717) is 0 Å². The minimum Gasteiger partial charge on any atom is -0.319 e. The Balaban J connectivity index is 0.00000180. The fourth-order valence-electron chi connectivity index (χ4n) is 2.75. The fraction of sp³-hybridized carbons (Fsp3) is 0.600. The molecule has 108 valence electrons. The number of piperidine rings is 1. The van der Waals surface area contributed by atoms with Gasteiger partial charge >= 0.3 is 0 Å². The van der Waals surface area contributed by atoms with Crippen molar-refractivity contribution in [3.63, 3.8) is 0 Å². The van der Waals surface area contributed by atoms with Gasteiger partial charge in [-0.2, -0.15) is 0 Å². The fourth-order valence-corrected chi connectivity index (χ4v) is 2.87. The molecule has 4 heteroatoms. The zero-order valence-electron chi connectivity index (χ0n) is 11.6. The highest BCUT2D eigenvalue weighted by Crippen LogP contribution is 2.16. The van der Waals surface area contributed by atoms with Crippen molar-refractivity contribution in [2.45, 2.75) is 19.3 Å². The number of hydrogen-bond donors (Lipinski definition) is 1. The van der Waals surface area contributed by atoms with E-state index in [1.165, 1.54) is 38.0 Å². The zero-order chi connectivity index (χ0) is 12.8. The molecule has 2 nitrogen and oxygen atoms in total. The number of nitrogens with zero attached hydrogens (tertiary/aromatic N) is 1. The summed E-state index contributed by atoms with van der Waals surface area (Å²) >= 11 is 5.90. The molecule has 0 radical (unpaired) electrons. The average Bonchev–Trinajstić information content (AvgIpc) is 2.39. The van der Waals surface area contributed by atoms with Crippen molar-refractivity contribution in [3.8, 4) is 0 Å². The lowest BCUT2D eigenvalue weighted by atomic mass is 9.97. The van der Waals surface area contributed by atoms with Crippen molar-refractivity contribution in [2.75, 3.05) is 33.2 Å². The van der Waals surface area contributed by atoms with Crippen LogP contribution in [0.2, 0.25) is 5.02 Å². The van der Waals surface area contributed by atoms with Gasteiger partial charge in [0, 0.05) is 18.1 Å². The van der Waals surface area contributed by atoms with Crippen LogP contribution < -0.4 is 5.32 Å². The molecular formula is C15H24Cl2N2. The smallest absolute Gasteiger partial charge is 0.0406 e. The van der Waals surface area contributed by atoms with Crippen LogP contribution in [0.5, 0.6) is 0 Å². The van der Waals surface area contributed by atoms with Gasteiger partial charge in [0.25, 0.3) is 0 Å². The molecule has 1 aliphatic rings. The summed E-state index contributed by atoms with van der Waals surface area (Å²) in [6.45, 7) is 4.82. The molecular weight excluding hydrogens is 279 g/mol. The number of halogens is 2. The molecule has 0 amide bonds. The molecule has 1 aromatic carbocycles. The summed E-state index contributed by atoms with van der Waals surface area (Å²) in [6.07, 6.45) is 3.84. The molecule has 1 fully saturated rings. The largest absolute Gasteiger partial charge is 0.319 e. The van der Waals surface area contributed by atoms with Crippen LogP contribution in [0.25, 0.3) is 0 Å². The lowest BCUT2D eigenvalue weighted by molar-refractivity contribution is 0.175. The lowest BCUT2D eigenvalue weighted by Crippen LogP contribution is -2.39. The Labute approximate surface area is 127 Å². The van der Waals surface area contributed by atoms with Crippen LogP contribution in [-0.4, -0.2) is 38.1 Å². The summed E-state index contributed by atoms with van der Waals surface area (Å²) in [5, 5.41) is 4.12. The molecule has 19 heavy (non-hydrogen) atoms. The Bertz CT molecular complexity index is 352. The summed E-state index contributed by atoms with van der Waals surface area (Å²) in [7, 11) is 2.05. The monoisotopic (exact) mass is 302 g/mol. The molecule has 0 spiro atoms. The minimum atomic E-state index is 0. The molecule has 1 N–H and O–H groups in total. The van der Waals surface area contributed by atoms with E-state index < -0.39 is 0 Å². The van der Waals surface area contributed by atoms with Crippen molar-refractivity contribution < 1.29 is 0 Å². The van der Waals surface area contributed by atoms with E-state index in [0.717, 1.165) is 23.9 Å². The van der Waals surface area contributed by atoms with Crippen molar-refractivity contribution >= 4 is 24.0 Å². The maximum atomic E-state index is 5.90. The highest BCUT2D eigenvalue weighted by molar-refractivity contribution is 6.30. The van der Waals surface area contributed by atoms with Gasteiger partial charge in [0.05, 0.1) is 0 Å². The Morgan fingerprint density at radius 3 is 2.74 bits per heavy atom. The van der Waals surface area contributed by atoms with Gasteiger partial charge in [0.1, 0.15) is 0 Å². The van der Waals surface area contributed by atoms with Crippen molar-refractivity contribution in [1.82, 2.24) is 10.2 Å². The molecule has 2 rings (SSSR count). The topological polar surface area (TPSA) is 15.3 Å². The highest BCUT2D eigenvalue weighted by atomic mass is 35.5. The van der Waals surface area contributed by atoms with Crippen molar-refractivity contribution in [3.05, 3.63) is 34.9 Å². The second-order valence-electron chi connectivity index (χ2n) is 5.24. The van der Waals surface area contributed by atoms with E-state index in [-0.39, 0.29) is 12.4 Å². The van der Waals surface area contributed by atoms with Gasteiger partial charge in [-0.1, -0.05) is 23.7 Å². The number of likely N-dealkylation sites (tertiary alicyclic amines) is 1. The normalized spacial score (nSPS) is 20.0. The van der Waals surface area contributed by atoms with E-state index in [2.05, 4.69) is 22.3 Å². The second-order valence-corrected chi connectivity index (χ2v) is 5.68. The van der Waals surface area contributed by atoms with Crippen LogP contribution in [0, 0.1) is 5.92 Å². The standard InChI is InChI=1S/C15H23ClN2.ClH/c1-17-11-14-3-2-9-18(12-14)10-8-13-4-6-15(16)7-5-13;/h4-7,14,17H,2-3,8-12H2,1H3;1H. The molecule has 1 saturated heterocycles. The first-order valence-corrected chi connectivity index (χ1v) is 7.27. The number of benzene rings is 1. The highest BCUT2D eigenvalue weighted by Gasteiger charge is 2.18. The maximum absolute atomic E-state index is 5.90. The third-order valence-corrected chi connectivity index (χ3v) is 3.98. The first-order chi connectivity index (χ1) is 8.78. The van der Waals surface area contributed by atoms with Gasteiger partial charge in [0.2, 0.25) is 0 Å². The van der Waals surface area contributed by atoms with E-state index in [4.69, 9.17) is 11.6 Å². The second kappa shape index (κ2) is 8.80. The number of hydrogen-bond acceptors (Lipinski definition) is 2. The first kappa shape index (κ1) is 16.8. The first-order valence-electron chi connectivity index (χ1n) is 6.89. The molecule has 0 bridgehead atoms. The van der Waals surface area contributed by atoms with Crippen LogP contribution in [-0.2, 0) is 6.42 Å². The Morgan fingerprint density at radius 2 is 2.05 bits per heavy atom. The van der Waals surface area contributed by atoms with Gasteiger partial charge in [-0.05, 0) is 63.0 Å². The number of nitrogens with one attached hydrogen (secondary N) is 1. The minimum absolute atomic E-state index is 0. The van der Waals surface area contributed by atoms with Gasteiger partial charge < -0.3 is 10.2 Å². The molecule has 1 atom stereocenters. The third kappa shape index (κ3) is 5.70. The zero-order valence-corrected chi connectivity index (χ0v) is 13.1. The van der Waals surface area contributed by atoms with Gasteiger partial charge in [-0.3, -0.25) is 0 Å². The van der Waals surface area contributed by atoms with E-state index in [1.54, 1.807) is 0 Å². The van der Waals surface area contributed by atoms with Crippen molar-refractivity contribution in [2.24, 2.45) is 5.92 Å². The van der Waals surface area contributed by atoms with E-state index >= 15 is 0 Å². The van der Waals surface area contributed by atoms with Crippen LogP contribution in [0.4, 0.5) is 0 Å².